The van der Waals surface area contributed by atoms with Gasteiger partial charge in [0.15, 0.2) is 0 Å². The number of sulfonamides is 1. The topological polar surface area (TPSA) is 110 Å². The van der Waals surface area contributed by atoms with Gasteiger partial charge in [-0.25, -0.2) is 8.42 Å². The highest BCUT2D eigenvalue weighted by Crippen LogP contribution is 2.26. The molecule has 1 amide bonds. The minimum absolute atomic E-state index is 0.121. The number of nitrogens with zero attached hydrogens (tertiary/aromatic N) is 2. The molecule has 1 N–H and O–H groups in total. The van der Waals surface area contributed by atoms with Crippen LogP contribution in [0.3, 0.4) is 0 Å². The molecule has 0 aliphatic rings. The van der Waals surface area contributed by atoms with E-state index in [2.05, 4.69) is 5.32 Å². The van der Waals surface area contributed by atoms with Crippen molar-refractivity contribution in [2.45, 2.75) is 20.3 Å². The van der Waals surface area contributed by atoms with Gasteiger partial charge in [0, 0.05) is 6.07 Å². The smallest absolute Gasteiger partial charge is 0.274 e. The van der Waals surface area contributed by atoms with Crippen molar-refractivity contribution in [2.75, 3.05) is 22.4 Å². The van der Waals surface area contributed by atoms with E-state index in [4.69, 9.17) is 0 Å². The molecule has 0 aromatic heterocycles. The summed E-state index contributed by atoms with van der Waals surface area (Å²) in [4.78, 5) is 23.0. The third kappa shape index (κ3) is 4.82. The van der Waals surface area contributed by atoms with E-state index >= 15 is 0 Å². The third-order valence-electron chi connectivity index (χ3n) is 4.10. The highest BCUT2D eigenvalue weighted by molar-refractivity contribution is 7.92. The number of carbonyl (C=O) groups is 1. The second-order valence-electron chi connectivity index (χ2n) is 6.01. The Kier molecular flexibility index (Phi) is 6.17. The Morgan fingerprint density at radius 2 is 1.85 bits per heavy atom. The molecule has 0 aliphatic heterocycles. The predicted octanol–water partition coefficient (Wildman–Crippen LogP) is 2.87. The molecule has 9 heteroatoms. The van der Waals surface area contributed by atoms with Crippen LogP contribution in [-0.4, -0.2) is 32.0 Å². The number of nitrogens with one attached hydrogen (secondary N) is 1. The Hall–Kier alpha value is -2.94. The Bertz CT molecular complexity index is 973. The Labute approximate surface area is 158 Å². The average Bonchev–Trinajstić information content (AvgIpc) is 2.60. The second-order valence-corrected chi connectivity index (χ2v) is 7.91. The van der Waals surface area contributed by atoms with E-state index in [-0.39, 0.29) is 11.4 Å². The van der Waals surface area contributed by atoms with Crippen molar-refractivity contribution >= 4 is 33.0 Å². The number of nitro benzene ring substituents is 1. The third-order valence-corrected chi connectivity index (χ3v) is 5.23. The summed E-state index contributed by atoms with van der Waals surface area (Å²) in [6.07, 6.45) is 1.64. The molecule has 0 saturated heterocycles. The van der Waals surface area contributed by atoms with Crippen LogP contribution in [0.25, 0.3) is 0 Å². The lowest BCUT2D eigenvalue weighted by Gasteiger charge is -2.24. The van der Waals surface area contributed by atoms with Gasteiger partial charge in [-0.1, -0.05) is 31.2 Å². The van der Waals surface area contributed by atoms with Crippen LogP contribution >= 0.6 is 0 Å². The number of carbonyl (C=O) groups excluding carboxylic acids is 1. The number of hydrogen-bond donors (Lipinski definition) is 1. The zero-order valence-corrected chi connectivity index (χ0v) is 16.1. The molecule has 0 unspecified atom stereocenters. The second kappa shape index (κ2) is 8.17. The molecular formula is C18H21N3O5S. The highest BCUT2D eigenvalue weighted by atomic mass is 32.2. The van der Waals surface area contributed by atoms with Gasteiger partial charge < -0.3 is 5.32 Å². The summed E-state index contributed by atoms with van der Waals surface area (Å²) in [5.74, 6) is -0.588. The van der Waals surface area contributed by atoms with Crippen LogP contribution in [0.15, 0.2) is 42.5 Å². The van der Waals surface area contributed by atoms with E-state index in [0.717, 1.165) is 16.1 Å². The summed E-state index contributed by atoms with van der Waals surface area (Å²) in [5, 5.41) is 13.6. The quantitative estimate of drug-likeness (QED) is 0.576. The lowest BCUT2D eigenvalue weighted by molar-refractivity contribution is -0.385. The van der Waals surface area contributed by atoms with E-state index in [1.807, 2.05) is 6.92 Å². The Morgan fingerprint density at radius 1 is 1.19 bits per heavy atom. The highest BCUT2D eigenvalue weighted by Gasteiger charge is 2.23. The summed E-state index contributed by atoms with van der Waals surface area (Å²) in [6, 6.07) is 11.3. The molecular weight excluding hydrogens is 370 g/mol. The fraction of sp³-hybridized carbons (Fsp3) is 0.278. The van der Waals surface area contributed by atoms with Crippen LogP contribution in [0.1, 0.15) is 18.1 Å². The molecule has 0 heterocycles. The fourth-order valence-electron chi connectivity index (χ4n) is 2.71. The van der Waals surface area contributed by atoms with Crippen LogP contribution in [0.2, 0.25) is 0 Å². The van der Waals surface area contributed by atoms with Gasteiger partial charge in [-0.2, -0.15) is 0 Å². The maximum atomic E-state index is 12.5. The molecule has 2 rings (SSSR count). The number of benzene rings is 2. The largest absolute Gasteiger partial charge is 0.324 e. The first kappa shape index (κ1) is 20.4. The summed E-state index contributed by atoms with van der Waals surface area (Å²) in [6.45, 7) is 2.98. The van der Waals surface area contributed by atoms with Crippen LogP contribution in [0, 0.1) is 17.0 Å². The van der Waals surface area contributed by atoms with Gasteiger partial charge in [0.2, 0.25) is 15.9 Å². The van der Waals surface area contributed by atoms with Crippen LogP contribution in [0.4, 0.5) is 17.1 Å². The molecule has 2 aromatic rings. The first-order valence-electron chi connectivity index (χ1n) is 8.24. The van der Waals surface area contributed by atoms with Gasteiger partial charge in [0.05, 0.1) is 28.1 Å². The Balaban J connectivity index is 2.31. The molecule has 2 aromatic carbocycles. The van der Waals surface area contributed by atoms with E-state index in [0.29, 0.717) is 17.7 Å². The molecule has 0 aliphatic carbocycles. The van der Waals surface area contributed by atoms with Crippen molar-refractivity contribution in [1.82, 2.24) is 0 Å². The maximum Gasteiger partial charge on any atom is 0.274 e. The van der Waals surface area contributed by atoms with E-state index < -0.39 is 27.4 Å². The molecule has 0 saturated carbocycles. The minimum Gasteiger partial charge on any atom is -0.324 e. The van der Waals surface area contributed by atoms with E-state index in [1.165, 1.54) is 25.1 Å². The van der Waals surface area contributed by atoms with Gasteiger partial charge in [-0.3, -0.25) is 19.2 Å². The number of aryl methyl sites for hydroxylation is 1. The van der Waals surface area contributed by atoms with Crippen LogP contribution in [0.5, 0.6) is 0 Å². The number of amides is 1. The Morgan fingerprint density at radius 3 is 2.44 bits per heavy atom. The fourth-order valence-corrected chi connectivity index (χ4v) is 3.60. The number of rotatable bonds is 7. The summed E-state index contributed by atoms with van der Waals surface area (Å²) in [7, 11) is -3.71. The lowest BCUT2D eigenvalue weighted by atomic mass is 10.1. The number of para-hydroxylation sites is 1. The molecule has 0 radical (unpaired) electrons. The molecule has 0 atom stereocenters. The van der Waals surface area contributed by atoms with Crippen molar-refractivity contribution < 1.29 is 18.1 Å². The van der Waals surface area contributed by atoms with Crippen molar-refractivity contribution in [2.24, 2.45) is 0 Å². The standard InChI is InChI=1S/C18H21N3O5S/c1-4-14-8-5-6-10-17(14)20(27(3,25)26)12-18(22)19-15-9-7-11-16(13(15)2)21(23)24/h5-11H,4,12H2,1-3H3,(H,19,22). The van der Waals surface area contributed by atoms with Gasteiger partial charge in [0.1, 0.15) is 6.54 Å². The average molecular weight is 391 g/mol. The summed E-state index contributed by atoms with van der Waals surface area (Å²) < 4.78 is 25.5. The number of nitro groups is 1. The number of anilines is 2. The SMILES string of the molecule is CCc1ccccc1N(CC(=O)Nc1cccc([N+](=O)[O-])c1C)S(C)(=O)=O. The van der Waals surface area contributed by atoms with Gasteiger partial charge >= 0.3 is 0 Å². The van der Waals surface area contributed by atoms with Crippen molar-refractivity contribution in [3.63, 3.8) is 0 Å². The molecule has 0 spiro atoms. The minimum atomic E-state index is -3.71. The first-order chi connectivity index (χ1) is 12.6. The molecule has 0 fully saturated rings. The number of hydrogen-bond acceptors (Lipinski definition) is 5. The van der Waals surface area contributed by atoms with Crippen LogP contribution < -0.4 is 9.62 Å². The zero-order chi connectivity index (χ0) is 20.2. The zero-order valence-electron chi connectivity index (χ0n) is 15.3. The summed E-state index contributed by atoms with van der Waals surface area (Å²) in [5.41, 5.74) is 1.68. The molecule has 144 valence electrons. The molecule has 0 bridgehead atoms. The predicted molar refractivity (Wildman–Crippen MR) is 104 cm³/mol. The van der Waals surface area contributed by atoms with E-state index in [9.17, 15) is 23.3 Å². The monoisotopic (exact) mass is 391 g/mol. The van der Waals surface area contributed by atoms with Crippen LogP contribution in [-0.2, 0) is 21.2 Å². The van der Waals surface area contributed by atoms with Crippen molar-refractivity contribution in [3.05, 3.63) is 63.7 Å². The molecule has 8 nitrogen and oxygen atoms in total. The normalized spacial score (nSPS) is 11.1. The van der Waals surface area contributed by atoms with Gasteiger partial charge in [0.25, 0.3) is 5.69 Å². The lowest BCUT2D eigenvalue weighted by Crippen LogP contribution is -2.38. The van der Waals surface area contributed by atoms with Gasteiger partial charge in [-0.05, 0) is 31.0 Å². The van der Waals surface area contributed by atoms with Crippen molar-refractivity contribution in [3.8, 4) is 0 Å². The first-order valence-corrected chi connectivity index (χ1v) is 10.1. The van der Waals surface area contributed by atoms with Gasteiger partial charge in [-0.15, -0.1) is 0 Å². The summed E-state index contributed by atoms with van der Waals surface area (Å²) >= 11 is 0. The van der Waals surface area contributed by atoms with E-state index in [1.54, 1.807) is 24.3 Å². The molecule has 27 heavy (non-hydrogen) atoms. The maximum absolute atomic E-state index is 12.5. The van der Waals surface area contributed by atoms with Crippen molar-refractivity contribution in [1.29, 1.82) is 0 Å².